The number of carbonyl (C=O) groups is 1. The maximum Gasteiger partial charge on any atom is 0.335 e. The Balaban J connectivity index is 2.97. The minimum atomic E-state index is -1.67. The molecule has 9 nitrogen and oxygen atoms in total. The van der Waals surface area contributed by atoms with Gasteiger partial charge in [-0.15, -0.1) is 0 Å². The highest BCUT2D eigenvalue weighted by Crippen LogP contribution is 2.27. The van der Waals surface area contributed by atoms with Crippen LogP contribution in [0.25, 0.3) is 0 Å². The summed E-state index contributed by atoms with van der Waals surface area (Å²) < 4.78 is 10.1. The number of carboxylic acids is 1. The molecule has 18 heavy (non-hydrogen) atoms. The Labute approximate surface area is 102 Å². The second-order valence-electron chi connectivity index (χ2n) is 4.13. The lowest BCUT2D eigenvalue weighted by atomic mass is 9.95. The van der Waals surface area contributed by atoms with Crippen LogP contribution in [0.4, 0.5) is 0 Å². The standard InChI is InChI=1S/C9H14N2O7/c1-3(2)17-9-5(11-16)6(12)4(10-15)7(18-9)8(13)14/h3-7,9,12H,1-2H3,(H,13,14). The predicted octanol–water partition coefficient (Wildman–Crippen LogP) is -0.148. The minimum absolute atomic E-state index is 0.373. The molecule has 5 atom stereocenters. The van der Waals surface area contributed by atoms with Crippen molar-refractivity contribution in [2.45, 2.75) is 50.5 Å². The molecule has 1 rings (SSSR count). The smallest absolute Gasteiger partial charge is 0.335 e. The largest absolute Gasteiger partial charge is 0.479 e. The second-order valence-corrected chi connectivity index (χ2v) is 4.13. The molecule has 1 heterocycles. The molecule has 0 aliphatic carbocycles. The first kappa shape index (κ1) is 14.6. The van der Waals surface area contributed by atoms with Crippen molar-refractivity contribution in [3.8, 4) is 0 Å². The number of nitroso groups, excluding NO2 is 2. The van der Waals surface area contributed by atoms with Crippen LogP contribution in [0.2, 0.25) is 0 Å². The first-order valence-electron chi connectivity index (χ1n) is 5.29. The van der Waals surface area contributed by atoms with Crippen molar-refractivity contribution in [3.05, 3.63) is 9.81 Å². The molecule has 1 aliphatic rings. The molecule has 0 spiro atoms. The van der Waals surface area contributed by atoms with Crippen LogP contribution in [-0.2, 0) is 14.3 Å². The van der Waals surface area contributed by atoms with Gasteiger partial charge in [0.1, 0.15) is 6.10 Å². The summed E-state index contributed by atoms with van der Waals surface area (Å²) in [5, 5.41) is 23.7. The van der Waals surface area contributed by atoms with Gasteiger partial charge in [0.2, 0.25) is 0 Å². The average molecular weight is 262 g/mol. The second kappa shape index (κ2) is 5.94. The molecule has 1 fully saturated rings. The van der Waals surface area contributed by atoms with Gasteiger partial charge in [0.05, 0.1) is 6.10 Å². The van der Waals surface area contributed by atoms with Crippen molar-refractivity contribution in [2.75, 3.05) is 0 Å². The molecular weight excluding hydrogens is 248 g/mol. The Bertz CT molecular complexity index is 335. The van der Waals surface area contributed by atoms with Gasteiger partial charge in [-0.05, 0) is 13.8 Å². The van der Waals surface area contributed by atoms with Gasteiger partial charge >= 0.3 is 5.97 Å². The average Bonchev–Trinajstić information content (AvgIpc) is 2.27. The molecule has 0 amide bonds. The Morgan fingerprint density at radius 2 is 1.83 bits per heavy atom. The van der Waals surface area contributed by atoms with Crippen molar-refractivity contribution >= 4 is 5.97 Å². The monoisotopic (exact) mass is 262 g/mol. The van der Waals surface area contributed by atoms with Crippen LogP contribution in [0.1, 0.15) is 13.8 Å². The summed E-state index contributed by atoms with van der Waals surface area (Å²) in [5.74, 6) is -1.47. The molecule has 1 aliphatic heterocycles. The Kier molecular flexibility index (Phi) is 4.82. The highest BCUT2D eigenvalue weighted by Gasteiger charge is 2.51. The third-order valence-corrected chi connectivity index (χ3v) is 2.46. The van der Waals surface area contributed by atoms with Gasteiger partial charge in [-0.1, -0.05) is 10.4 Å². The fourth-order valence-electron chi connectivity index (χ4n) is 1.66. The van der Waals surface area contributed by atoms with Crippen LogP contribution in [-0.4, -0.2) is 52.9 Å². The summed E-state index contributed by atoms with van der Waals surface area (Å²) in [6.07, 6.45) is -5.02. The van der Waals surface area contributed by atoms with Crippen LogP contribution in [0.5, 0.6) is 0 Å². The number of aliphatic hydroxyl groups is 1. The van der Waals surface area contributed by atoms with E-state index in [4.69, 9.17) is 14.6 Å². The predicted molar refractivity (Wildman–Crippen MR) is 57.7 cm³/mol. The number of aliphatic hydroxyl groups excluding tert-OH is 1. The summed E-state index contributed by atoms with van der Waals surface area (Å²) >= 11 is 0. The topological polar surface area (TPSA) is 135 Å². The van der Waals surface area contributed by atoms with Crippen LogP contribution in [0.15, 0.2) is 10.4 Å². The lowest BCUT2D eigenvalue weighted by Gasteiger charge is -2.37. The number of hydrogen-bond donors (Lipinski definition) is 2. The fourth-order valence-corrected chi connectivity index (χ4v) is 1.66. The fraction of sp³-hybridized carbons (Fsp3) is 0.889. The van der Waals surface area contributed by atoms with Gasteiger partial charge in [-0.25, -0.2) is 4.79 Å². The molecule has 1 saturated heterocycles. The van der Waals surface area contributed by atoms with Crippen LogP contribution in [0, 0.1) is 9.81 Å². The van der Waals surface area contributed by atoms with E-state index in [0.29, 0.717) is 0 Å². The molecular formula is C9H14N2O7. The Hall–Kier alpha value is -1.45. The number of carboxylic acid groups (broad SMARTS) is 1. The Morgan fingerprint density at radius 1 is 1.28 bits per heavy atom. The van der Waals surface area contributed by atoms with Crippen molar-refractivity contribution in [3.63, 3.8) is 0 Å². The number of nitrogens with zero attached hydrogens (tertiary/aromatic N) is 2. The van der Waals surface area contributed by atoms with Gasteiger partial charge in [0.25, 0.3) is 0 Å². The van der Waals surface area contributed by atoms with Crippen LogP contribution >= 0.6 is 0 Å². The van der Waals surface area contributed by atoms with E-state index >= 15 is 0 Å². The lowest BCUT2D eigenvalue weighted by molar-refractivity contribution is -0.245. The zero-order chi connectivity index (χ0) is 13.9. The van der Waals surface area contributed by atoms with Gasteiger partial charge in [-0.3, -0.25) is 0 Å². The maximum atomic E-state index is 10.9. The minimum Gasteiger partial charge on any atom is -0.479 e. The molecule has 0 aromatic rings. The first-order valence-corrected chi connectivity index (χ1v) is 5.29. The van der Waals surface area contributed by atoms with Crippen molar-refractivity contribution in [1.82, 2.24) is 0 Å². The summed E-state index contributed by atoms with van der Waals surface area (Å²) in [5.41, 5.74) is 0. The zero-order valence-corrected chi connectivity index (χ0v) is 9.79. The van der Waals surface area contributed by atoms with Gasteiger partial charge in [0, 0.05) is 0 Å². The van der Waals surface area contributed by atoms with E-state index < -0.39 is 36.6 Å². The van der Waals surface area contributed by atoms with Gasteiger partial charge < -0.3 is 19.7 Å². The Morgan fingerprint density at radius 3 is 2.22 bits per heavy atom. The van der Waals surface area contributed by atoms with Crippen LogP contribution < -0.4 is 0 Å². The molecule has 5 unspecified atom stereocenters. The molecule has 9 heteroatoms. The van der Waals surface area contributed by atoms with Gasteiger partial charge in [0.15, 0.2) is 24.5 Å². The number of aliphatic carboxylic acids is 1. The molecule has 0 bridgehead atoms. The van der Waals surface area contributed by atoms with E-state index in [9.17, 15) is 19.7 Å². The highest BCUT2D eigenvalue weighted by molar-refractivity contribution is 5.73. The van der Waals surface area contributed by atoms with E-state index in [-0.39, 0.29) is 6.10 Å². The number of hydrogen-bond acceptors (Lipinski definition) is 8. The number of ether oxygens (including phenoxy) is 2. The van der Waals surface area contributed by atoms with E-state index in [2.05, 4.69) is 10.4 Å². The highest BCUT2D eigenvalue weighted by atomic mass is 16.7. The van der Waals surface area contributed by atoms with Crippen molar-refractivity contribution in [2.24, 2.45) is 10.4 Å². The molecule has 2 N–H and O–H groups in total. The van der Waals surface area contributed by atoms with E-state index in [1.807, 2.05) is 0 Å². The summed E-state index contributed by atoms with van der Waals surface area (Å²) in [6, 6.07) is -3.00. The zero-order valence-electron chi connectivity index (χ0n) is 9.79. The van der Waals surface area contributed by atoms with E-state index in [1.165, 1.54) is 0 Å². The SMILES string of the molecule is CC(C)OC1OC(C(=O)O)C(N=O)C(O)C1N=O. The third-order valence-electron chi connectivity index (χ3n) is 2.46. The molecule has 0 radical (unpaired) electrons. The summed E-state index contributed by atoms with van der Waals surface area (Å²) in [6.45, 7) is 3.27. The van der Waals surface area contributed by atoms with Crippen molar-refractivity contribution in [1.29, 1.82) is 0 Å². The third kappa shape index (κ3) is 2.86. The maximum absolute atomic E-state index is 10.9. The normalized spacial score (nSPS) is 36.3. The van der Waals surface area contributed by atoms with Crippen LogP contribution in [0.3, 0.4) is 0 Å². The number of rotatable bonds is 5. The molecule has 102 valence electrons. The first-order chi connectivity index (χ1) is 8.42. The van der Waals surface area contributed by atoms with Crippen molar-refractivity contribution < 1.29 is 24.5 Å². The molecule has 0 saturated carbocycles. The molecule has 0 aromatic heterocycles. The summed E-state index contributed by atoms with van der Waals surface area (Å²) in [7, 11) is 0. The lowest BCUT2D eigenvalue weighted by Crippen LogP contribution is -2.59. The molecule has 0 aromatic carbocycles. The summed E-state index contributed by atoms with van der Waals surface area (Å²) in [4.78, 5) is 32.1. The van der Waals surface area contributed by atoms with E-state index in [0.717, 1.165) is 0 Å². The van der Waals surface area contributed by atoms with E-state index in [1.54, 1.807) is 13.8 Å². The van der Waals surface area contributed by atoms with Gasteiger partial charge in [-0.2, -0.15) is 9.81 Å². The quantitative estimate of drug-likeness (QED) is 0.657.